The van der Waals surface area contributed by atoms with Crippen molar-refractivity contribution in [3.05, 3.63) is 0 Å². The molecular weight excluding hydrogens is 196 g/mol. The van der Waals surface area contributed by atoms with Gasteiger partial charge in [-0.2, -0.15) is 11.8 Å². The van der Waals surface area contributed by atoms with Gasteiger partial charge in [0.15, 0.2) is 0 Å². The van der Waals surface area contributed by atoms with E-state index in [1.54, 1.807) is 11.8 Å². The quantitative estimate of drug-likeness (QED) is 0.675. The summed E-state index contributed by atoms with van der Waals surface area (Å²) in [6.45, 7) is 6.59. The fourth-order valence-electron chi connectivity index (χ4n) is 1.00. The van der Waals surface area contributed by atoms with Crippen LogP contribution in [0.2, 0.25) is 0 Å². The number of hydrogen-bond donors (Lipinski definition) is 2. The van der Waals surface area contributed by atoms with E-state index in [-0.39, 0.29) is 11.9 Å². The maximum absolute atomic E-state index is 11.3. The van der Waals surface area contributed by atoms with E-state index in [4.69, 9.17) is 0 Å². The number of carbonyl (C=O) groups excluding carboxylic acids is 1. The van der Waals surface area contributed by atoms with Crippen LogP contribution in [0.4, 0.5) is 0 Å². The van der Waals surface area contributed by atoms with E-state index in [2.05, 4.69) is 30.7 Å². The number of amides is 1. The van der Waals surface area contributed by atoms with Gasteiger partial charge in [-0.3, -0.25) is 4.79 Å². The lowest BCUT2D eigenvalue weighted by molar-refractivity contribution is -0.120. The normalized spacial score (nSPS) is 14.9. The minimum atomic E-state index is 0.0901. The predicted molar refractivity (Wildman–Crippen MR) is 63.7 cm³/mol. The van der Waals surface area contributed by atoms with Crippen LogP contribution >= 0.6 is 11.8 Å². The van der Waals surface area contributed by atoms with Crippen LogP contribution in [-0.4, -0.2) is 36.5 Å². The maximum atomic E-state index is 11.3. The van der Waals surface area contributed by atoms with Crippen LogP contribution in [0.3, 0.4) is 0 Å². The van der Waals surface area contributed by atoms with Gasteiger partial charge in [-0.25, -0.2) is 0 Å². The van der Waals surface area contributed by atoms with Crippen LogP contribution in [-0.2, 0) is 4.79 Å². The molecule has 0 radical (unpaired) electrons. The summed E-state index contributed by atoms with van der Waals surface area (Å²) >= 11 is 1.79. The van der Waals surface area contributed by atoms with E-state index in [1.807, 2.05) is 6.92 Å². The summed E-state index contributed by atoms with van der Waals surface area (Å²) in [7, 11) is 0. The molecule has 0 saturated carbocycles. The number of nitrogens with one attached hydrogen (secondary N) is 2. The Bertz CT molecular complexity index is 164. The highest BCUT2D eigenvalue weighted by Gasteiger charge is 2.06. The van der Waals surface area contributed by atoms with Gasteiger partial charge in [0.05, 0.1) is 6.54 Å². The first-order chi connectivity index (χ1) is 6.60. The van der Waals surface area contributed by atoms with Gasteiger partial charge in [0.1, 0.15) is 0 Å². The molecule has 0 aromatic carbocycles. The lowest BCUT2D eigenvalue weighted by atomic mass is 10.2. The molecule has 4 heteroatoms. The highest BCUT2D eigenvalue weighted by atomic mass is 32.2. The summed E-state index contributed by atoms with van der Waals surface area (Å²) in [5, 5.41) is 6.10. The SMILES string of the molecule is CCC(C)NC(=O)CNC(C)CSC. The molecule has 3 nitrogen and oxygen atoms in total. The van der Waals surface area contributed by atoms with E-state index in [9.17, 15) is 4.79 Å². The fraction of sp³-hybridized carbons (Fsp3) is 0.900. The Kier molecular flexibility index (Phi) is 7.99. The highest BCUT2D eigenvalue weighted by molar-refractivity contribution is 7.98. The maximum Gasteiger partial charge on any atom is 0.234 e. The molecule has 0 aromatic rings. The Hall–Kier alpha value is -0.220. The number of rotatable bonds is 7. The van der Waals surface area contributed by atoms with Gasteiger partial charge in [-0.1, -0.05) is 6.92 Å². The molecule has 0 aliphatic rings. The summed E-state index contributed by atoms with van der Waals surface area (Å²) in [6.07, 6.45) is 3.05. The van der Waals surface area contributed by atoms with Gasteiger partial charge in [-0.05, 0) is 26.5 Å². The lowest BCUT2D eigenvalue weighted by Crippen LogP contribution is -2.42. The third-order valence-corrected chi connectivity index (χ3v) is 2.88. The van der Waals surface area contributed by atoms with Crippen molar-refractivity contribution in [1.29, 1.82) is 0 Å². The van der Waals surface area contributed by atoms with Gasteiger partial charge in [0.2, 0.25) is 5.91 Å². The topological polar surface area (TPSA) is 41.1 Å². The smallest absolute Gasteiger partial charge is 0.234 e. The zero-order valence-electron chi connectivity index (χ0n) is 9.59. The third kappa shape index (κ3) is 7.21. The molecule has 1 amide bonds. The minimum Gasteiger partial charge on any atom is -0.353 e. The lowest BCUT2D eigenvalue weighted by Gasteiger charge is -2.14. The fourth-order valence-corrected chi connectivity index (χ4v) is 1.62. The molecule has 14 heavy (non-hydrogen) atoms. The predicted octanol–water partition coefficient (Wildman–Crippen LogP) is 1.24. The molecule has 0 fully saturated rings. The standard InChI is InChI=1S/C10H22N2OS/c1-5-8(2)12-10(13)6-11-9(3)7-14-4/h8-9,11H,5-7H2,1-4H3,(H,12,13). The zero-order chi connectivity index (χ0) is 11.0. The van der Waals surface area contributed by atoms with E-state index in [1.165, 1.54) is 0 Å². The molecule has 2 unspecified atom stereocenters. The number of carbonyl (C=O) groups is 1. The second kappa shape index (κ2) is 8.12. The highest BCUT2D eigenvalue weighted by Crippen LogP contribution is 1.95. The molecule has 2 atom stereocenters. The van der Waals surface area contributed by atoms with E-state index >= 15 is 0 Å². The van der Waals surface area contributed by atoms with Crippen molar-refractivity contribution >= 4 is 17.7 Å². The average molecular weight is 218 g/mol. The van der Waals surface area contributed by atoms with Crippen molar-refractivity contribution in [3.63, 3.8) is 0 Å². The third-order valence-electron chi connectivity index (χ3n) is 2.05. The average Bonchev–Trinajstić information content (AvgIpc) is 2.15. The first-order valence-electron chi connectivity index (χ1n) is 5.11. The molecule has 2 N–H and O–H groups in total. The minimum absolute atomic E-state index is 0.0901. The molecule has 0 heterocycles. The zero-order valence-corrected chi connectivity index (χ0v) is 10.4. The second-order valence-electron chi connectivity index (χ2n) is 3.61. The Morgan fingerprint density at radius 2 is 2.00 bits per heavy atom. The van der Waals surface area contributed by atoms with Crippen LogP contribution < -0.4 is 10.6 Å². The Labute approximate surface area is 91.4 Å². The summed E-state index contributed by atoms with van der Waals surface area (Å²) in [6, 6.07) is 0.674. The van der Waals surface area contributed by atoms with Crippen LogP contribution in [0.1, 0.15) is 27.2 Å². The van der Waals surface area contributed by atoms with Gasteiger partial charge in [0, 0.05) is 17.8 Å². The molecule has 0 aliphatic heterocycles. The second-order valence-corrected chi connectivity index (χ2v) is 4.52. The summed E-state index contributed by atoms with van der Waals surface area (Å²) in [5.74, 6) is 1.13. The van der Waals surface area contributed by atoms with Crippen LogP contribution in [0.5, 0.6) is 0 Å². The molecule has 0 rings (SSSR count). The number of hydrogen-bond acceptors (Lipinski definition) is 3. The van der Waals surface area contributed by atoms with Crippen molar-refractivity contribution in [3.8, 4) is 0 Å². The van der Waals surface area contributed by atoms with Crippen molar-refractivity contribution in [2.45, 2.75) is 39.3 Å². The van der Waals surface area contributed by atoms with Crippen LogP contribution in [0, 0.1) is 0 Å². The van der Waals surface area contributed by atoms with Gasteiger partial charge in [-0.15, -0.1) is 0 Å². The molecule has 0 saturated heterocycles. The van der Waals surface area contributed by atoms with Crippen molar-refractivity contribution in [1.82, 2.24) is 10.6 Å². The first-order valence-corrected chi connectivity index (χ1v) is 6.51. The molecule has 0 spiro atoms. The van der Waals surface area contributed by atoms with E-state index in [0.717, 1.165) is 12.2 Å². The van der Waals surface area contributed by atoms with Crippen molar-refractivity contribution in [2.24, 2.45) is 0 Å². The van der Waals surface area contributed by atoms with Gasteiger partial charge < -0.3 is 10.6 Å². The van der Waals surface area contributed by atoms with Crippen LogP contribution in [0.15, 0.2) is 0 Å². The molecular formula is C10H22N2OS. The molecule has 0 bridgehead atoms. The Balaban J connectivity index is 3.53. The molecule has 0 aliphatic carbocycles. The van der Waals surface area contributed by atoms with Crippen molar-refractivity contribution < 1.29 is 4.79 Å². The van der Waals surface area contributed by atoms with Crippen molar-refractivity contribution in [2.75, 3.05) is 18.6 Å². The van der Waals surface area contributed by atoms with E-state index < -0.39 is 0 Å². The summed E-state index contributed by atoms with van der Waals surface area (Å²) in [5.41, 5.74) is 0. The Morgan fingerprint density at radius 1 is 1.36 bits per heavy atom. The van der Waals surface area contributed by atoms with Gasteiger partial charge in [0.25, 0.3) is 0 Å². The Morgan fingerprint density at radius 3 is 2.50 bits per heavy atom. The van der Waals surface area contributed by atoms with Gasteiger partial charge >= 0.3 is 0 Å². The van der Waals surface area contributed by atoms with E-state index in [0.29, 0.717) is 12.6 Å². The monoisotopic (exact) mass is 218 g/mol. The first kappa shape index (κ1) is 13.8. The number of thioether (sulfide) groups is 1. The van der Waals surface area contributed by atoms with Crippen LogP contribution in [0.25, 0.3) is 0 Å². The summed E-state index contributed by atoms with van der Waals surface area (Å²) in [4.78, 5) is 11.3. The molecule has 84 valence electrons. The summed E-state index contributed by atoms with van der Waals surface area (Å²) < 4.78 is 0. The largest absolute Gasteiger partial charge is 0.353 e. The molecule has 0 aromatic heterocycles.